The van der Waals surface area contributed by atoms with Crippen molar-refractivity contribution in [1.29, 1.82) is 0 Å². The smallest absolute Gasteiger partial charge is 0.0626 e. The highest BCUT2D eigenvalue weighted by Gasteiger charge is 2.25. The zero-order chi connectivity index (χ0) is 9.78. The van der Waals surface area contributed by atoms with E-state index in [2.05, 4.69) is 41.5 Å². The van der Waals surface area contributed by atoms with Gasteiger partial charge in [-0.25, -0.2) is 0 Å². The van der Waals surface area contributed by atoms with Gasteiger partial charge in [-0.1, -0.05) is 34.1 Å². The van der Waals surface area contributed by atoms with Crippen LogP contribution < -0.4 is 0 Å². The van der Waals surface area contributed by atoms with Gasteiger partial charge < -0.3 is 4.74 Å². The van der Waals surface area contributed by atoms with E-state index in [1.807, 2.05) is 0 Å². The summed E-state index contributed by atoms with van der Waals surface area (Å²) in [5, 5.41) is 0. The molecule has 0 aromatic heterocycles. The molecule has 12 heavy (non-hydrogen) atoms. The summed E-state index contributed by atoms with van der Waals surface area (Å²) in [4.78, 5) is 0. The third-order valence-electron chi connectivity index (χ3n) is 1.95. The lowest BCUT2D eigenvalue weighted by Gasteiger charge is -2.32. The molecule has 0 N–H and O–H groups in total. The summed E-state index contributed by atoms with van der Waals surface area (Å²) in [7, 11) is 0. The summed E-state index contributed by atoms with van der Waals surface area (Å²) in [6.07, 6.45) is 3.12. The minimum atomic E-state index is 0.278. The summed E-state index contributed by atoms with van der Waals surface area (Å²) in [5.74, 6) is 0. The number of hydrogen-bond donors (Lipinski definition) is 0. The fourth-order valence-corrected chi connectivity index (χ4v) is 1.30. The first-order valence-electron chi connectivity index (χ1n) is 5.03. The first-order chi connectivity index (χ1) is 5.38. The molecule has 0 spiro atoms. The van der Waals surface area contributed by atoms with Crippen molar-refractivity contribution in [2.24, 2.45) is 5.41 Å². The summed E-state index contributed by atoms with van der Waals surface area (Å²) in [6.45, 7) is 13.2. The highest BCUT2D eigenvalue weighted by Crippen LogP contribution is 2.26. The molecule has 0 heterocycles. The van der Waals surface area contributed by atoms with Gasteiger partial charge in [-0.05, 0) is 25.7 Å². The first kappa shape index (κ1) is 12.0. The van der Waals surface area contributed by atoms with Gasteiger partial charge in [0.15, 0.2) is 0 Å². The van der Waals surface area contributed by atoms with E-state index in [1.54, 1.807) is 0 Å². The van der Waals surface area contributed by atoms with Crippen LogP contribution >= 0.6 is 0 Å². The fourth-order valence-electron chi connectivity index (χ4n) is 1.30. The maximum Gasteiger partial charge on any atom is 0.0626 e. The molecule has 74 valence electrons. The molecule has 0 aromatic rings. The number of hydrogen-bond acceptors (Lipinski definition) is 1. The van der Waals surface area contributed by atoms with Crippen molar-refractivity contribution in [3.63, 3.8) is 0 Å². The second kappa shape index (κ2) is 4.86. The summed E-state index contributed by atoms with van der Waals surface area (Å²) in [6, 6.07) is 0. The summed E-state index contributed by atoms with van der Waals surface area (Å²) >= 11 is 0. The van der Waals surface area contributed by atoms with Gasteiger partial charge in [-0.15, -0.1) is 0 Å². The SMILES string of the molecule is CCCC(OC(C)C)C(C)(C)C. The molecular formula is C11H24O. The molecule has 1 nitrogen and oxygen atoms in total. The van der Waals surface area contributed by atoms with E-state index >= 15 is 0 Å². The lowest BCUT2D eigenvalue weighted by Crippen LogP contribution is -2.31. The van der Waals surface area contributed by atoms with Crippen LogP contribution in [0.1, 0.15) is 54.4 Å². The van der Waals surface area contributed by atoms with Gasteiger partial charge >= 0.3 is 0 Å². The van der Waals surface area contributed by atoms with E-state index in [-0.39, 0.29) is 5.41 Å². The Morgan fingerprint density at radius 1 is 1.17 bits per heavy atom. The van der Waals surface area contributed by atoms with Crippen LogP contribution in [0, 0.1) is 5.41 Å². The van der Waals surface area contributed by atoms with Gasteiger partial charge in [0.1, 0.15) is 0 Å². The highest BCUT2D eigenvalue weighted by atomic mass is 16.5. The van der Waals surface area contributed by atoms with Crippen molar-refractivity contribution in [3.05, 3.63) is 0 Å². The standard InChI is InChI=1S/C11H24O/c1-7-8-10(11(4,5)6)12-9(2)3/h9-10H,7-8H2,1-6H3. The Bertz CT molecular complexity index is 111. The Balaban J connectivity index is 4.04. The zero-order valence-electron chi connectivity index (χ0n) is 9.48. The van der Waals surface area contributed by atoms with Gasteiger partial charge in [0.2, 0.25) is 0 Å². The van der Waals surface area contributed by atoms with Crippen LogP contribution in [-0.4, -0.2) is 12.2 Å². The van der Waals surface area contributed by atoms with Crippen LogP contribution in [0.25, 0.3) is 0 Å². The van der Waals surface area contributed by atoms with Crippen molar-refractivity contribution in [2.45, 2.75) is 66.6 Å². The van der Waals surface area contributed by atoms with Crippen LogP contribution in [0.2, 0.25) is 0 Å². The molecule has 0 radical (unpaired) electrons. The van der Waals surface area contributed by atoms with Gasteiger partial charge in [0, 0.05) is 0 Å². The Hall–Kier alpha value is -0.0400. The lowest BCUT2D eigenvalue weighted by molar-refractivity contribution is -0.0561. The maximum atomic E-state index is 5.86. The van der Waals surface area contributed by atoms with E-state index in [0.29, 0.717) is 12.2 Å². The van der Waals surface area contributed by atoms with Crippen molar-refractivity contribution >= 4 is 0 Å². The number of rotatable bonds is 4. The molecule has 0 rings (SSSR count). The molecular weight excluding hydrogens is 148 g/mol. The van der Waals surface area contributed by atoms with Crippen molar-refractivity contribution in [2.75, 3.05) is 0 Å². The predicted octanol–water partition coefficient (Wildman–Crippen LogP) is 3.63. The van der Waals surface area contributed by atoms with E-state index in [1.165, 1.54) is 12.8 Å². The van der Waals surface area contributed by atoms with Crippen LogP contribution in [0.15, 0.2) is 0 Å². The van der Waals surface area contributed by atoms with Gasteiger partial charge in [0.05, 0.1) is 12.2 Å². The topological polar surface area (TPSA) is 9.23 Å². The monoisotopic (exact) mass is 172 g/mol. The Morgan fingerprint density at radius 2 is 1.67 bits per heavy atom. The molecule has 0 fully saturated rings. The Labute approximate surface area is 77.5 Å². The van der Waals surface area contributed by atoms with Crippen LogP contribution in [0.4, 0.5) is 0 Å². The average molecular weight is 172 g/mol. The van der Waals surface area contributed by atoms with E-state index in [0.717, 1.165) is 0 Å². The lowest BCUT2D eigenvalue weighted by atomic mass is 9.86. The molecule has 0 saturated heterocycles. The van der Waals surface area contributed by atoms with E-state index in [4.69, 9.17) is 4.74 Å². The maximum absolute atomic E-state index is 5.86. The quantitative estimate of drug-likeness (QED) is 0.629. The minimum absolute atomic E-state index is 0.278. The molecule has 0 amide bonds. The highest BCUT2D eigenvalue weighted by molar-refractivity contribution is 4.74. The first-order valence-corrected chi connectivity index (χ1v) is 5.03. The van der Waals surface area contributed by atoms with Crippen molar-refractivity contribution in [3.8, 4) is 0 Å². The average Bonchev–Trinajstić information content (AvgIpc) is 1.83. The Morgan fingerprint density at radius 3 is 1.92 bits per heavy atom. The molecule has 1 unspecified atom stereocenters. The molecule has 0 bridgehead atoms. The van der Waals surface area contributed by atoms with Crippen molar-refractivity contribution < 1.29 is 4.74 Å². The summed E-state index contributed by atoms with van der Waals surface area (Å²) < 4.78 is 5.86. The third kappa shape index (κ3) is 4.76. The molecule has 1 heteroatoms. The molecule has 0 aliphatic heterocycles. The molecule has 0 aliphatic rings. The van der Waals surface area contributed by atoms with Crippen LogP contribution in [-0.2, 0) is 4.74 Å². The minimum Gasteiger partial charge on any atom is -0.375 e. The molecule has 0 aromatic carbocycles. The second-order valence-corrected chi connectivity index (χ2v) is 4.83. The number of ether oxygens (including phenoxy) is 1. The molecule has 0 saturated carbocycles. The zero-order valence-corrected chi connectivity index (χ0v) is 9.48. The molecule has 1 atom stereocenters. The van der Waals surface area contributed by atoms with E-state index < -0.39 is 0 Å². The van der Waals surface area contributed by atoms with Crippen LogP contribution in [0.3, 0.4) is 0 Å². The van der Waals surface area contributed by atoms with Crippen molar-refractivity contribution in [1.82, 2.24) is 0 Å². The van der Waals surface area contributed by atoms with Gasteiger partial charge in [-0.3, -0.25) is 0 Å². The predicted molar refractivity (Wildman–Crippen MR) is 54.4 cm³/mol. The molecule has 0 aliphatic carbocycles. The normalized spacial score (nSPS) is 15.2. The largest absolute Gasteiger partial charge is 0.375 e. The van der Waals surface area contributed by atoms with Crippen LogP contribution in [0.5, 0.6) is 0 Å². The van der Waals surface area contributed by atoms with Gasteiger partial charge in [-0.2, -0.15) is 0 Å². The van der Waals surface area contributed by atoms with Gasteiger partial charge in [0.25, 0.3) is 0 Å². The third-order valence-corrected chi connectivity index (χ3v) is 1.95. The summed E-state index contributed by atoms with van der Waals surface area (Å²) in [5.41, 5.74) is 0.278. The fraction of sp³-hybridized carbons (Fsp3) is 1.00. The Kier molecular flexibility index (Phi) is 4.84. The second-order valence-electron chi connectivity index (χ2n) is 4.83. The van der Waals surface area contributed by atoms with E-state index in [9.17, 15) is 0 Å².